The Morgan fingerprint density at radius 2 is 0.820 bits per heavy atom. The third-order valence-electron chi connectivity index (χ3n) is 18.8. The molecule has 0 atom stereocenters. The maximum atomic E-state index is 13.1. The van der Waals surface area contributed by atoms with Gasteiger partial charge in [-0.1, -0.05) is 19.1 Å². The number of amides is 6. The van der Waals surface area contributed by atoms with Gasteiger partial charge in [-0.15, -0.1) is 0 Å². The third-order valence-corrected chi connectivity index (χ3v) is 20.5. The largest absolute Gasteiger partial charge is 0.381 e. The molecule has 89 heavy (non-hydrogen) atoms. The van der Waals surface area contributed by atoms with E-state index in [1.807, 2.05) is 36.0 Å². The van der Waals surface area contributed by atoms with Crippen LogP contribution in [-0.2, 0) is 76.3 Å². The molecule has 0 bridgehead atoms. The second kappa shape index (κ2) is 29.1. The molecule has 6 amide bonds. The molecule has 0 radical (unpaired) electrons. The van der Waals surface area contributed by atoms with E-state index in [0.717, 1.165) is 170 Å². The normalized spacial score (nSPS) is 21.0. The third kappa shape index (κ3) is 16.1. The second-order valence-corrected chi connectivity index (χ2v) is 28.2. The summed E-state index contributed by atoms with van der Waals surface area (Å²) in [5, 5.41) is 19.4. The second-order valence-electron chi connectivity index (χ2n) is 25.9. The summed E-state index contributed by atoms with van der Waals surface area (Å²) in [6.45, 7) is 24.6. The van der Waals surface area contributed by atoms with E-state index >= 15 is 0 Å². The van der Waals surface area contributed by atoms with Crippen LogP contribution in [0.5, 0.6) is 0 Å². The summed E-state index contributed by atoms with van der Waals surface area (Å²) in [6.07, 6.45) is 15.3. The zero-order chi connectivity index (χ0) is 62.8. The van der Waals surface area contributed by atoms with Crippen molar-refractivity contribution in [3.8, 4) is 0 Å². The Hall–Kier alpha value is -6.58. The maximum absolute atomic E-state index is 13.1. The van der Waals surface area contributed by atoms with Gasteiger partial charge in [0.25, 0.3) is 0 Å². The predicted molar refractivity (Wildman–Crippen MR) is 334 cm³/mol. The molecule has 3 aromatic heterocycles. The number of benzene rings is 1. The first-order chi connectivity index (χ1) is 42.8. The van der Waals surface area contributed by atoms with E-state index in [1.54, 1.807) is 42.3 Å². The van der Waals surface area contributed by atoms with Gasteiger partial charge in [0.15, 0.2) is 9.84 Å². The summed E-state index contributed by atoms with van der Waals surface area (Å²) >= 11 is 0. The molecular weight excluding hydrogens is 1160 g/mol. The van der Waals surface area contributed by atoms with Gasteiger partial charge in [0.2, 0.25) is 17.8 Å². The van der Waals surface area contributed by atoms with Gasteiger partial charge in [0, 0.05) is 139 Å². The number of sulfone groups is 1. The van der Waals surface area contributed by atoms with Crippen LogP contribution < -0.4 is 31.9 Å². The van der Waals surface area contributed by atoms with E-state index in [9.17, 15) is 22.8 Å². The van der Waals surface area contributed by atoms with Crippen molar-refractivity contribution < 1.29 is 46.5 Å². The minimum Gasteiger partial charge on any atom is -0.381 e. The molecule has 26 heteroatoms. The lowest BCUT2D eigenvalue weighted by atomic mass is 9.97. The Labute approximate surface area is 524 Å². The van der Waals surface area contributed by atoms with Gasteiger partial charge >= 0.3 is 18.1 Å². The minimum atomic E-state index is -3.30. The number of fused-ring (bicyclic) bond motifs is 3. The fraction of sp³-hybridized carbons (Fsp3) is 0.667. The first kappa shape index (κ1) is 65.4. The van der Waals surface area contributed by atoms with Gasteiger partial charge in [0.1, 0.15) is 0 Å². The topological polar surface area (TPSA) is 291 Å². The minimum absolute atomic E-state index is 0.0339. The van der Waals surface area contributed by atoms with Crippen LogP contribution in [0.4, 0.5) is 32.2 Å². The SMILES string of the molecule is CC1(C)c2cnc(NC3CCOCC3)nc2CN1C(=O)NCC1CCOCC1.CC1(C)c2cnc(NC3CCOCC3)nc2CN1C(=O)NCC1CCOCC1.CCS(=O)(=O)c1cccc(CNC(=O)N2Cc3nc(NC4CCOCC4)ncc3C2(C)C)c1. The number of carbonyl (C=O) groups excluding carboxylic acids is 3. The average Bonchev–Trinajstić information content (AvgIpc) is 1.99. The number of nitrogens with one attached hydrogen (secondary N) is 6. The zero-order valence-corrected chi connectivity index (χ0v) is 53.9. The lowest BCUT2D eigenvalue weighted by molar-refractivity contribution is 0.0655. The number of ether oxygens (including phenoxy) is 5. The molecule has 486 valence electrons. The van der Waals surface area contributed by atoms with E-state index in [0.29, 0.717) is 74.5 Å². The summed E-state index contributed by atoms with van der Waals surface area (Å²) in [5.41, 5.74) is 4.96. The van der Waals surface area contributed by atoms with Crippen molar-refractivity contribution >= 4 is 45.8 Å². The Morgan fingerprint density at radius 1 is 0.494 bits per heavy atom. The molecule has 0 aliphatic carbocycles. The number of aromatic nitrogens is 6. The van der Waals surface area contributed by atoms with Crippen LogP contribution in [0, 0.1) is 11.8 Å². The van der Waals surface area contributed by atoms with E-state index in [-0.39, 0.29) is 41.3 Å². The van der Waals surface area contributed by atoms with Crippen molar-refractivity contribution in [1.82, 2.24) is 60.6 Å². The van der Waals surface area contributed by atoms with Gasteiger partial charge in [-0.2, -0.15) is 0 Å². The summed E-state index contributed by atoms with van der Waals surface area (Å²) in [7, 11) is -3.30. The summed E-state index contributed by atoms with van der Waals surface area (Å²) in [4.78, 5) is 72.2. The molecule has 5 fully saturated rings. The summed E-state index contributed by atoms with van der Waals surface area (Å²) < 4.78 is 51.3. The predicted octanol–water partition coefficient (Wildman–Crippen LogP) is 7.33. The molecule has 8 aliphatic rings. The molecule has 0 spiro atoms. The maximum Gasteiger partial charge on any atom is 0.318 e. The van der Waals surface area contributed by atoms with Crippen LogP contribution in [0.3, 0.4) is 0 Å². The Morgan fingerprint density at radius 3 is 1.16 bits per heavy atom. The van der Waals surface area contributed by atoms with Crippen LogP contribution in [0.2, 0.25) is 0 Å². The number of anilines is 3. The highest BCUT2D eigenvalue weighted by atomic mass is 32.2. The monoisotopic (exact) mass is 1250 g/mol. The van der Waals surface area contributed by atoms with Crippen LogP contribution >= 0.6 is 0 Å². The highest BCUT2D eigenvalue weighted by molar-refractivity contribution is 7.91. The molecule has 1 aromatic carbocycles. The molecule has 12 rings (SSSR count). The van der Waals surface area contributed by atoms with Crippen molar-refractivity contribution in [3.63, 3.8) is 0 Å². The first-order valence-corrected chi connectivity index (χ1v) is 33.7. The highest BCUT2D eigenvalue weighted by Crippen LogP contribution is 2.41. The molecule has 4 aromatic rings. The lowest BCUT2D eigenvalue weighted by Gasteiger charge is -2.33. The molecular formula is C63H93N15O10S. The molecule has 0 unspecified atom stereocenters. The van der Waals surface area contributed by atoms with Crippen LogP contribution in [0.25, 0.3) is 0 Å². The van der Waals surface area contributed by atoms with Gasteiger partial charge in [0.05, 0.1) is 64.0 Å². The number of carbonyl (C=O) groups is 3. The number of nitrogens with zero attached hydrogens (tertiary/aromatic N) is 9. The molecule has 5 saturated heterocycles. The average molecular weight is 1250 g/mol. The highest BCUT2D eigenvalue weighted by Gasteiger charge is 2.45. The van der Waals surface area contributed by atoms with E-state index in [1.165, 1.54) is 0 Å². The van der Waals surface area contributed by atoms with Crippen LogP contribution in [0.1, 0.15) is 152 Å². The summed E-state index contributed by atoms with van der Waals surface area (Å²) in [5.74, 6) is 2.90. The quantitative estimate of drug-likeness (QED) is 0.0720. The number of urea groups is 3. The fourth-order valence-corrected chi connectivity index (χ4v) is 13.7. The number of rotatable bonds is 14. The molecule has 6 N–H and O–H groups in total. The van der Waals surface area contributed by atoms with Crippen LogP contribution in [0.15, 0.2) is 47.8 Å². The van der Waals surface area contributed by atoms with E-state index in [2.05, 4.69) is 74.5 Å². The smallest absolute Gasteiger partial charge is 0.318 e. The van der Waals surface area contributed by atoms with Gasteiger partial charge in [-0.3, -0.25) is 0 Å². The van der Waals surface area contributed by atoms with Gasteiger partial charge in [-0.05, 0) is 135 Å². The number of hydrogen-bond acceptors (Lipinski definition) is 19. The van der Waals surface area contributed by atoms with E-state index in [4.69, 9.17) is 38.6 Å². The number of hydrogen-bond donors (Lipinski definition) is 6. The Balaban J connectivity index is 0.000000148. The van der Waals surface area contributed by atoms with Crippen molar-refractivity contribution in [2.24, 2.45) is 11.8 Å². The Bertz CT molecular complexity index is 3060. The van der Waals surface area contributed by atoms with Crippen molar-refractivity contribution in [2.75, 3.05) is 101 Å². The fourth-order valence-electron chi connectivity index (χ4n) is 12.7. The van der Waals surface area contributed by atoms with Gasteiger partial charge in [-0.25, -0.2) is 52.7 Å². The van der Waals surface area contributed by atoms with Crippen LogP contribution in [-0.4, -0.2) is 174 Å². The van der Waals surface area contributed by atoms with Crippen molar-refractivity contribution in [3.05, 3.63) is 82.2 Å². The first-order valence-electron chi connectivity index (χ1n) is 32.0. The molecule has 8 aliphatic heterocycles. The van der Waals surface area contributed by atoms with E-state index < -0.39 is 26.5 Å². The van der Waals surface area contributed by atoms with Crippen molar-refractivity contribution in [2.45, 2.75) is 178 Å². The molecule has 0 saturated carbocycles. The Kier molecular flexibility index (Phi) is 21.4. The standard InChI is InChI=1S/C23H31N5O4S.2C20H31N5O3/c1-4-33(30,31)18-7-5-6-16(12-18)13-25-22(29)28-15-20-19(23(28,2)3)14-24-21(27-20)26-17-8-10-32-11-9-17;2*1-20(2)16-12-21-18(23-15-5-9-28-10-6-15)24-17(16)13-25(20)19(26)22-11-14-3-7-27-8-4-14/h5-7,12,14,17H,4,8-11,13,15H2,1-3H3,(H,25,29)(H,24,26,27);2*12,14-15H,3-11,13H2,1-2H3,(H,22,26)(H,21,23,24). The van der Waals surface area contributed by atoms with Crippen molar-refractivity contribution in [1.29, 1.82) is 0 Å². The zero-order valence-electron chi connectivity index (χ0n) is 53.0. The summed E-state index contributed by atoms with van der Waals surface area (Å²) in [6, 6.07) is 7.37. The molecule has 25 nitrogen and oxygen atoms in total. The lowest BCUT2D eigenvalue weighted by Crippen LogP contribution is -2.47. The molecule has 11 heterocycles. The van der Waals surface area contributed by atoms with Gasteiger partial charge < -0.3 is 70.3 Å².